The lowest BCUT2D eigenvalue weighted by Gasteiger charge is -2.19. The third kappa shape index (κ3) is 2.68. The van der Waals surface area contributed by atoms with E-state index in [1.54, 1.807) is 0 Å². The molecule has 2 nitrogen and oxygen atoms in total. The van der Waals surface area contributed by atoms with Crippen LogP contribution in [-0.2, 0) is 6.54 Å². The molecule has 0 atom stereocenters. The van der Waals surface area contributed by atoms with Crippen molar-refractivity contribution in [2.75, 3.05) is 0 Å². The largest absolute Gasteiger partial charge is 0.458 e. The lowest BCUT2D eigenvalue weighted by molar-refractivity contribution is 0.394. The first-order chi connectivity index (χ1) is 8.28. The number of benzene rings is 1. The smallest absolute Gasteiger partial charge is 0.153 e. The fourth-order valence-electron chi connectivity index (χ4n) is 1.81. The highest BCUT2D eigenvalue weighted by Crippen LogP contribution is 2.31. The van der Waals surface area contributed by atoms with Gasteiger partial charge in [-0.2, -0.15) is 0 Å². The number of hydrogen-bond acceptors (Lipinski definition) is 2. The molecule has 0 aliphatic carbocycles. The summed E-state index contributed by atoms with van der Waals surface area (Å²) in [5, 5.41) is 4.40. The average molecular weight is 270 g/mol. The summed E-state index contributed by atoms with van der Waals surface area (Å²) in [5.41, 5.74) is 1.49. The summed E-state index contributed by atoms with van der Waals surface area (Å²) in [6, 6.07) is 2.73. The summed E-state index contributed by atoms with van der Waals surface area (Å²) in [6.45, 7) is 8.76. The normalized spacial score (nSPS) is 12.3. The van der Waals surface area contributed by atoms with Crippen LogP contribution in [0.15, 0.2) is 16.5 Å². The van der Waals surface area contributed by atoms with Gasteiger partial charge in [0.15, 0.2) is 5.58 Å². The van der Waals surface area contributed by atoms with Crippen molar-refractivity contribution in [1.82, 2.24) is 5.32 Å². The van der Waals surface area contributed by atoms with Crippen molar-refractivity contribution in [1.29, 1.82) is 0 Å². The standard InChI is InChI=1S/C14H17ClFNO/c1-8-10-5-9(16)6-11(15)13(10)18-12(8)7-17-14(2,3)4/h5-6,17H,7H2,1-4H3. The molecule has 18 heavy (non-hydrogen) atoms. The Kier molecular flexibility index (Phi) is 3.39. The topological polar surface area (TPSA) is 25.2 Å². The molecule has 4 heteroatoms. The van der Waals surface area contributed by atoms with Crippen molar-refractivity contribution < 1.29 is 8.81 Å². The van der Waals surface area contributed by atoms with Crippen molar-refractivity contribution in [2.24, 2.45) is 0 Å². The van der Waals surface area contributed by atoms with Gasteiger partial charge in [0.2, 0.25) is 0 Å². The van der Waals surface area contributed by atoms with Gasteiger partial charge in [0.1, 0.15) is 11.6 Å². The van der Waals surface area contributed by atoms with Crippen LogP contribution in [0, 0.1) is 12.7 Å². The van der Waals surface area contributed by atoms with Crippen LogP contribution in [0.5, 0.6) is 0 Å². The van der Waals surface area contributed by atoms with Crippen LogP contribution >= 0.6 is 11.6 Å². The van der Waals surface area contributed by atoms with Crippen LogP contribution in [0.3, 0.4) is 0 Å². The number of rotatable bonds is 2. The molecule has 2 aromatic rings. The second-order valence-electron chi connectivity index (χ2n) is 5.52. The molecule has 98 valence electrons. The maximum atomic E-state index is 13.3. The number of aryl methyl sites for hydroxylation is 1. The average Bonchev–Trinajstić information content (AvgIpc) is 2.53. The molecule has 1 aromatic heterocycles. The van der Waals surface area contributed by atoms with E-state index < -0.39 is 0 Å². The zero-order valence-electron chi connectivity index (χ0n) is 11.0. The Morgan fingerprint density at radius 3 is 2.61 bits per heavy atom. The number of furan rings is 1. The Hall–Kier alpha value is -1.06. The number of hydrogen-bond donors (Lipinski definition) is 1. The van der Waals surface area contributed by atoms with E-state index in [2.05, 4.69) is 26.1 Å². The van der Waals surface area contributed by atoms with Crippen molar-refractivity contribution in [3.8, 4) is 0 Å². The fraction of sp³-hybridized carbons (Fsp3) is 0.429. The van der Waals surface area contributed by atoms with Crippen LogP contribution in [0.2, 0.25) is 5.02 Å². The van der Waals surface area contributed by atoms with E-state index in [4.69, 9.17) is 16.0 Å². The van der Waals surface area contributed by atoms with E-state index in [1.165, 1.54) is 12.1 Å². The minimum atomic E-state index is -0.341. The van der Waals surface area contributed by atoms with E-state index in [-0.39, 0.29) is 11.4 Å². The highest BCUT2D eigenvalue weighted by atomic mass is 35.5. The maximum Gasteiger partial charge on any atom is 0.153 e. The summed E-state index contributed by atoms with van der Waals surface area (Å²) >= 11 is 5.98. The molecule has 0 aliphatic heterocycles. The lowest BCUT2D eigenvalue weighted by Crippen LogP contribution is -2.35. The van der Waals surface area contributed by atoms with Gasteiger partial charge in [-0.05, 0) is 45.4 Å². The van der Waals surface area contributed by atoms with Gasteiger partial charge in [-0.3, -0.25) is 0 Å². The molecule has 0 saturated carbocycles. The van der Waals surface area contributed by atoms with E-state index in [1.807, 2.05) is 6.92 Å². The first-order valence-electron chi connectivity index (χ1n) is 5.90. The molecule has 0 unspecified atom stereocenters. The Labute approximate surface area is 111 Å². The summed E-state index contributed by atoms with van der Waals surface area (Å²) in [4.78, 5) is 0. The predicted octanol–water partition coefficient (Wildman–Crippen LogP) is 4.42. The van der Waals surface area contributed by atoms with E-state index in [0.717, 1.165) is 16.7 Å². The molecule has 0 amide bonds. The maximum absolute atomic E-state index is 13.3. The highest BCUT2D eigenvalue weighted by Gasteiger charge is 2.16. The molecule has 0 saturated heterocycles. The molecule has 1 heterocycles. The van der Waals surface area contributed by atoms with Gasteiger partial charge in [-0.15, -0.1) is 0 Å². The van der Waals surface area contributed by atoms with Gasteiger partial charge in [0.25, 0.3) is 0 Å². The molecule has 0 radical (unpaired) electrons. The first kappa shape index (κ1) is 13.4. The van der Waals surface area contributed by atoms with Crippen molar-refractivity contribution in [3.05, 3.63) is 34.3 Å². The zero-order chi connectivity index (χ0) is 13.5. The van der Waals surface area contributed by atoms with Crippen molar-refractivity contribution >= 4 is 22.6 Å². The molecule has 0 spiro atoms. The Balaban J connectivity index is 2.41. The second kappa shape index (κ2) is 4.56. The molecule has 1 N–H and O–H groups in total. The second-order valence-corrected chi connectivity index (χ2v) is 5.93. The van der Waals surface area contributed by atoms with Crippen molar-refractivity contribution in [2.45, 2.75) is 39.8 Å². The summed E-state index contributed by atoms with van der Waals surface area (Å²) in [7, 11) is 0. The van der Waals surface area contributed by atoms with Crippen LogP contribution in [0.25, 0.3) is 11.0 Å². The van der Waals surface area contributed by atoms with Gasteiger partial charge in [0, 0.05) is 10.9 Å². The van der Waals surface area contributed by atoms with Gasteiger partial charge in [-0.25, -0.2) is 4.39 Å². The quantitative estimate of drug-likeness (QED) is 0.873. The number of halogens is 2. The van der Waals surface area contributed by atoms with Gasteiger partial charge in [-0.1, -0.05) is 11.6 Å². The number of fused-ring (bicyclic) bond motifs is 1. The van der Waals surface area contributed by atoms with Crippen LogP contribution < -0.4 is 5.32 Å². The van der Waals surface area contributed by atoms with Crippen molar-refractivity contribution in [3.63, 3.8) is 0 Å². The summed E-state index contributed by atoms with van der Waals surface area (Å²) in [6.07, 6.45) is 0. The van der Waals surface area contributed by atoms with Crippen LogP contribution in [0.1, 0.15) is 32.1 Å². The Bertz CT molecular complexity index is 583. The predicted molar refractivity (Wildman–Crippen MR) is 72.5 cm³/mol. The molecule has 1 aromatic carbocycles. The van der Waals surface area contributed by atoms with E-state index in [9.17, 15) is 4.39 Å². The van der Waals surface area contributed by atoms with Crippen LogP contribution in [-0.4, -0.2) is 5.54 Å². The lowest BCUT2D eigenvalue weighted by atomic mass is 10.1. The summed E-state index contributed by atoms with van der Waals surface area (Å²) in [5.74, 6) is 0.458. The SMILES string of the molecule is Cc1c(CNC(C)(C)C)oc2c(Cl)cc(F)cc12. The van der Waals surface area contributed by atoms with Gasteiger partial charge in [0.05, 0.1) is 11.6 Å². The van der Waals surface area contributed by atoms with E-state index >= 15 is 0 Å². The third-order valence-corrected chi connectivity index (χ3v) is 3.12. The summed E-state index contributed by atoms with van der Waals surface area (Å²) < 4.78 is 19.0. The third-order valence-electron chi connectivity index (χ3n) is 2.84. The molecule has 0 bridgehead atoms. The fourth-order valence-corrected chi connectivity index (χ4v) is 2.05. The minimum Gasteiger partial charge on any atom is -0.458 e. The van der Waals surface area contributed by atoms with E-state index in [0.29, 0.717) is 17.2 Å². The minimum absolute atomic E-state index is 0.000456. The Morgan fingerprint density at radius 2 is 2.00 bits per heavy atom. The van der Waals surface area contributed by atoms with Gasteiger partial charge < -0.3 is 9.73 Å². The molecular formula is C14H17ClFNO. The molecular weight excluding hydrogens is 253 g/mol. The molecule has 0 fully saturated rings. The monoisotopic (exact) mass is 269 g/mol. The molecule has 0 aliphatic rings. The zero-order valence-corrected chi connectivity index (χ0v) is 11.8. The molecule has 2 rings (SSSR count). The Morgan fingerprint density at radius 1 is 1.33 bits per heavy atom. The number of nitrogens with one attached hydrogen (secondary N) is 1. The highest BCUT2D eigenvalue weighted by molar-refractivity contribution is 6.34. The first-order valence-corrected chi connectivity index (χ1v) is 6.28. The van der Waals surface area contributed by atoms with Crippen LogP contribution in [0.4, 0.5) is 4.39 Å². The van der Waals surface area contributed by atoms with Gasteiger partial charge >= 0.3 is 0 Å².